The third kappa shape index (κ3) is 3.57. The lowest BCUT2D eigenvalue weighted by molar-refractivity contribution is -0.119. The number of cyclic esters (lactones) is 1. The van der Waals surface area contributed by atoms with Gasteiger partial charge in [0.1, 0.15) is 12.4 Å². The summed E-state index contributed by atoms with van der Waals surface area (Å²) in [5, 5.41) is 2.64. The molecule has 2 unspecified atom stereocenters. The molecule has 3 amide bonds. The first-order valence-corrected chi connectivity index (χ1v) is 8.19. The number of halogens is 1. The largest absolute Gasteiger partial charge is 0.447 e. The molecular formula is C17H20FN3O4. The van der Waals surface area contributed by atoms with Gasteiger partial charge in [0.2, 0.25) is 12.3 Å². The highest BCUT2D eigenvalue weighted by atomic mass is 19.1. The van der Waals surface area contributed by atoms with E-state index in [4.69, 9.17) is 4.74 Å². The maximum Gasteiger partial charge on any atom is 0.414 e. The van der Waals surface area contributed by atoms with E-state index in [2.05, 4.69) is 5.32 Å². The molecule has 1 aromatic carbocycles. The smallest absolute Gasteiger partial charge is 0.414 e. The maximum absolute atomic E-state index is 14.6. The molecule has 3 rings (SSSR count). The fraction of sp³-hybridized carbons (Fsp3) is 0.471. The number of likely N-dealkylation sites (tertiary alicyclic amines) is 1. The normalized spacial score (nSPS) is 22.9. The quantitative estimate of drug-likeness (QED) is 0.811. The Morgan fingerprint density at radius 2 is 2.28 bits per heavy atom. The number of hydrogen-bond donors (Lipinski definition) is 1. The molecule has 0 spiro atoms. The van der Waals surface area contributed by atoms with Gasteiger partial charge in [0, 0.05) is 32.5 Å². The average Bonchev–Trinajstić information content (AvgIpc) is 3.19. The summed E-state index contributed by atoms with van der Waals surface area (Å²) in [6, 6.07) is 4.27. The number of benzene rings is 1. The number of nitrogens with one attached hydrogen (secondary N) is 1. The number of rotatable bonds is 5. The molecular weight excluding hydrogens is 329 g/mol. The van der Waals surface area contributed by atoms with Crippen LogP contribution in [0.15, 0.2) is 18.2 Å². The summed E-state index contributed by atoms with van der Waals surface area (Å²) in [5.41, 5.74) is 0.934. The van der Waals surface area contributed by atoms with Gasteiger partial charge in [-0.3, -0.25) is 14.5 Å². The fourth-order valence-corrected chi connectivity index (χ4v) is 3.32. The van der Waals surface area contributed by atoms with Gasteiger partial charge < -0.3 is 15.0 Å². The molecule has 2 aliphatic heterocycles. The third-order valence-corrected chi connectivity index (χ3v) is 4.62. The molecule has 2 atom stereocenters. The zero-order valence-corrected chi connectivity index (χ0v) is 13.9. The summed E-state index contributed by atoms with van der Waals surface area (Å²) in [4.78, 5) is 36.9. The van der Waals surface area contributed by atoms with Crippen LogP contribution in [0.25, 0.3) is 0 Å². The van der Waals surface area contributed by atoms with Crippen molar-refractivity contribution in [1.29, 1.82) is 0 Å². The van der Waals surface area contributed by atoms with Gasteiger partial charge in [0.15, 0.2) is 0 Å². The van der Waals surface area contributed by atoms with Crippen LogP contribution in [-0.2, 0) is 14.3 Å². The highest BCUT2D eigenvalue weighted by Crippen LogP contribution is 2.32. The molecule has 1 N–H and O–H groups in total. The highest BCUT2D eigenvalue weighted by Gasteiger charge is 2.35. The molecule has 134 valence electrons. The molecule has 0 aliphatic carbocycles. The van der Waals surface area contributed by atoms with E-state index in [-0.39, 0.29) is 31.0 Å². The number of anilines is 1. The van der Waals surface area contributed by atoms with Gasteiger partial charge in [0.05, 0.1) is 11.7 Å². The van der Waals surface area contributed by atoms with Gasteiger partial charge in [0.25, 0.3) is 0 Å². The Bertz CT molecular complexity index is 696. The van der Waals surface area contributed by atoms with Crippen molar-refractivity contribution in [3.8, 4) is 0 Å². The lowest BCUT2D eigenvalue weighted by atomic mass is 9.97. The Morgan fingerprint density at radius 1 is 1.48 bits per heavy atom. The maximum atomic E-state index is 14.6. The number of hydrogen-bond acceptors (Lipinski definition) is 4. The van der Waals surface area contributed by atoms with Crippen LogP contribution < -0.4 is 10.2 Å². The van der Waals surface area contributed by atoms with Gasteiger partial charge >= 0.3 is 6.09 Å². The van der Waals surface area contributed by atoms with Crippen LogP contribution in [0.2, 0.25) is 0 Å². The van der Waals surface area contributed by atoms with E-state index in [0.29, 0.717) is 30.8 Å². The van der Waals surface area contributed by atoms with Crippen molar-refractivity contribution in [2.24, 2.45) is 0 Å². The van der Waals surface area contributed by atoms with E-state index in [0.717, 1.165) is 6.41 Å². The molecule has 2 heterocycles. The molecule has 8 heteroatoms. The molecule has 2 fully saturated rings. The Balaban J connectivity index is 1.78. The summed E-state index contributed by atoms with van der Waals surface area (Å²) in [6.07, 6.45) is 0.931. The molecule has 1 aromatic rings. The van der Waals surface area contributed by atoms with E-state index >= 15 is 0 Å². The van der Waals surface area contributed by atoms with Crippen molar-refractivity contribution in [3.05, 3.63) is 29.6 Å². The van der Waals surface area contributed by atoms with Gasteiger partial charge in [-0.1, -0.05) is 6.07 Å². The van der Waals surface area contributed by atoms with Gasteiger partial charge in [-0.25, -0.2) is 9.18 Å². The van der Waals surface area contributed by atoms with Crippen molar-refractivity contribution in [1.82, 2.24) is 10.2 Å². The molecule has 0 saturated carbocycles. The van der Waals surface area contributed by atoms with Crippen LogP contribution in [0.3, 0.4) is 0 Å². The van der Waals surface area contributed by atoms with Gasteiger partial charge in [-0.15, -0.1) is 0 Å². The zero-order valence-electron chi connectivity index (χ0n) is 13.9. The van der Waals surface area contributed by atoms with Crippen molar-refractivity contribution in [2.75, 3.05) is 31.1 Å². The van der Waals surface area contributed by atoms with E-state index in [1.807, 2.05) is 0 Å². The van der Waals surface area contributed by atoms with Crippen molar-refractivity contribution >= 4 is 24.1 Å². The first-order valence-electron chi connectivity index (χ1n) is 8.19. The standard InChI is InChI=1S/C17H20FN3O4/c1-11(23)19-7-14-9-25-17(24)21(14)13-2-3-15(16(18)6-13)12-4-5-20(8-12)10-22/h2-3,6,10,12,14H,4-5,7-9H2,1H3,(H,19,23). The SMILES string of the molecule is CC(=O)NCC1COC(=O)N1c1ccc(C2CCN(C=O)C2)c(F)c1. The van der Waals surface area contributed by atoms with Crippen LogP contribution in [0, 0.1) is 5.82 Å². The second-order valence-electron chi connectivity index (χ2n) is 6.33. The van der Waals surface area contributed by atoms with Crippen LogP contribution in [0.1, 0.15) is 24.8 Å². The molecule has 25 heavy (non-hydrogen) atoms. The average molecular weight is 349 g/mol. The predicted molar refractivity (Wildman–Crippen MR) is 87.7 cm³/mol. The fourth-order valence-electron chi connectivity index (χ4n) is 3.32. The van der Waals surface area contributed by atoms with E-state index in [1.165, 1.54) is 17.9 Å². The van der Waals surface area contributed by atoms with E-state index in [9.17, 15) is 18.8 Å². The van der Waals surface area contributed by atoms with Crippen LogP contribution in [-0.4, -0.2) is 55.6 Å². The highest BCUT2D eigenvalue weighted by molar-refractivity contribution is 5.90. The Labute approximate surface area is 144 Å². The minimum atomic E-state index is -0.560. The van der Waals surface area contributed by atoms with Crippen LogP contribution >= 0.6 is 0 Å². The lowest BCUT2D eigenvalue weighted by Gasteiger charge is -2.22. The van der Waals surface area contributed by atoms with Crippen molar-refractivity contribution in [3.63, 3.8) is 0 Å². The first-order chi connectivity index (χ1) is 12.0. The molecule has 0 aromatic heterocycles. The van der Waals surface area contributed by atoms with E-state index < -0.39 is 11.9 Å². The summed E-state index contributed by atoms with van der Waals surface area (Å²) in [5.74, 6) is -0.657. The zero-order chi connectivity index (χ0) is 18.0. The minimum absolute atomic E-state index is 0.0417. The topological polar surface area (TPSA) is 79.0 Å². The Morgan fingerprint density at radius 3 is 2.92 bits per heavy atom. The Hall–Kier alpha value is -2.64. The molecule has 2 aliphatic rings. The number of carbonyl (C=O) groups is 3. The number of ether oxygens (including phenoxy) is 1. The number of amides is 3. The van der Waals surface area contributed by atoms with Crippen LogP contribution in [0.4, 0.5) is 14.9 Å². The monoisotopic (exact) mass is 349 g/mol. The van der Waals surface area contributed by atoms with Gasteiger partial charge in [-0.2, -0.15) is 0 Å². The summed E-state index contributed by atoms with van der Waals surface area (Å²) in [7, 11) is 0. The summed E-state index contributed by atoms with van der Waals surface area (Å²) in [6.45, 7) is 2.88. The van der Waals surface area contributed by atoms with Crippen LogP contribution in [0.5, 0.6) is 0 Å². The lowest BCUT2D eigenvalue weighted by Crippen LogP contribution is -2.42. The number of carbonyl (C=O) groups excluding carboxylic acids is 3. The summed E-state index contributed by atoms with van der Waals surface area (Å²) < 4.78 is 19.6. The van der Waals surface area contributed by atoms with Crippen molar-refractivity contribution < 1.29 is 23.5 Å². The molecule has 2 saturated heterocycles. The Kier molecular flexibility index (Phi) is 4.87. The number of nitrogens with zero attached hydrogens (tertiary/aromatic N) is 2. The van der Waals surface area contributed by atoms with Gasteiger partial charge in [-0.05, 0) is 24.1 Å². The predicted octanol–water partition coefficient (Wildman–Crippen LogP) is 1.23. The second kappa shape index (κ2) is 7.08. The third-order valence-electron chi connectivity index (χ3n) is 4.62. The van der Waals surface area contributed by atoms with E-state index in [1.54, 1.807) is 17.0 Å². The molecule has 7 nitrogen and oxygen atoms in total. The second-order valence-corrected chi connectivity index (χ2v) is 6.33. The van der Waals surface area contributed by atoms with Crippen molar-refractivity contribution in [2.45, 2.75) is 25.3 Å². The summed E-state index contributed by atoms with van der Waals surface area (Å²) >= 11 is 0. The first kappa shape index (κ1) is 17.2. The molecule has 0 bridgehead atoms. The molecule has 0 radical (unpaired) electrons. The minimum Gasteiger partial charge on any atom is -0.447 e.